The van der Waals surface area contributed by atoms with Crippen molar-refractivity contribution in [2.45, 2.75) is 45.6 Å². The predicted molar refractivity (Wildman–Crippen MR) is 143 cm³/mol. The van der Waals surface area contributed by atoms with Crippen molar-refractivity contribution in [3.63, 3.8) is 0 Å². The molecule has 1 heterocycles. The third-order valence-electron chi connectivity index (χ3n) is 5.96. The number of rotatable bonds is 11. The summed E-state index contributed by atoms with van der Waals surface area (Å²) in [6, 6.07) is 11.3. The van der Waals surface area contributed by atoms with E-state index in [1.165, 1.54) is 25.7 Å². The van der Waals surface area contributed by atoms with E-state index in [0.29, 0.717) is 23.6 Å². The molecule has 0 unspecified atom stereocenters. The minimum absolute atomic E-state index is 0. The molecule has 0 spiro atoms. The zero-order valence-corrected chi connectivity index (χ0v) is 22.3. The average molecular weight is 569 g/mol. The van der Waals surface area contributed by atoms with E-state index in [1.54, 1.807) is 20.4 Å². The summed E-state index contributed by atoms with van der Waals surface area (Å²) in [4.78, 5) is 9.18. The van der Waals surface area contributed by atoms with Crippen LogP contribution in [0.3, 0.4) is 0 Å². The molecular formula is C25H37IN4O3. The lowest BCUT2D eigenvalue weighted by atomic mass is 9.83. The van der Waals surface area contributed by atoms with Crippen LogP contribution in [0.5, 0.6) is 17.4 Å². The molecule has 0 bridgehead atoms. The van der Waals surface area contributed by atoms with Gasteiger partial charge in [0, 0.05) is 45.1 Å². The number of ether oxygens (including phenoxy) is 3. The smallest absolute Gasteiger partial charge is 0.219 e. The monoisotopic (exact) mass is 568 g/mol. The van der Waals surface area contributed by atoms with Crippen LogP contribution in [0.25, 0.3) is 0 Å². The van der Waals surface area contributed by atoms with Crippen LogP contribution in [0.1, 0.15) is 44.6 Å². The van der Waals surface area contributed by atoms with E-state index in [2.05, 4.69) is 22.5 Å². The zero-order valence-electron chi connectivity index (χ0n) is 19.9. The van der Waals surface area contributed by atoms with Gasteiger partial charge in [0.15, 0.2) is 5.96 Å². The van der Waals surface area contributed by atoms with E-state index in [1.807, 2.05) is 36.4 Å². The number of benzene rings is 1. The number of aromatic nitrogens is 1. The molecule has 2 N–H and O–H groups in total. The fourth-order valence-electron chi connectivity index (χ4n) is 4.09. The first kappa shape index (κ1) is 27.2. The Morgan fingerprint density at radius 2 is 1.88 bits per heavy atom. The lowest BCUT2D eigenvalue weighted by Crippen LogP contribution is -2.43. The van der Waals surface area contributed by atoms with Gasteiger partial charge in [-0.2, -0.15) is 0 Å². The van der Waals surface area contributed by atoms with Crippen LogP contribution in [0.4, 0.5) is 0 Å². The van der Waals surface area contributed by atoms with Gasteiger partial charge in [-0.15, -0.1) is 24.0 Å². The van der Waals surface area contributed by atoms with Gasteiger partial charge in [-0.1, -0.05) is 25.0 Å². The van der Waals surface area contributed by atoms with Crippen LogP contribution in [-0.4, -0.2) is 44.9 Å². The Morgan fingerprint density at radius 1 is 1.09 bits per heavy atom. The largest absolute Gasteiger partial charge is 0.497 e. The Balaban J connectivity index is 0.00000385. The molecule has 8 heteroatoms. The van der Waals surface area contributed by atoms with Gasteiger partial charge in [0.1, 0.15) is 11.5 Å². The zero-order chi connectivity index (χ0) is 22.7. The molecule has 0 radical (unpaired) electrons. The fourth-order valence-corrected chi connectivity index (χ4v) is 4.09. The summed E-state index contributed by atoms with van der Waals surface area (Å²) < 4.78 is 16.4. The summed E-state index contributed by atoms with van der Waals surface area (Å²) in [5.41, 5.74) is 1.34. The third-order valence-corrected chi connectivity index (χ3v) is 5.96. The molecule has 0 saturated heterocycles. The average Bonchev–Trinajstić information content (AvgIpc) is 3.30. The maximum Gasteiger partial charge on any atom is 0.219 e. The van der Waals surface area contributed by atoms with Crippen LogP contribution >= 0.6 is 24.0 Å². The summed E-state index contributed by atoms with van der Waals surface area (Å²) in [7, 11) is 3.42. The predicted octanol–water partition coefficient (Wildman–Crippen LogP) is 5.15. The summed E-state index contributed by atoms with van der Waals surface area (Å²) in [5.74, 6) is 2.82. The highest BCUT2D eigenvalue weighted by Gasteiger charge is 2.33. The van der Waals surface area contributed by atoms with Crippen molar-refractivity contribution in [1.82, 2.24) is 15.6 Å². The maximum absolute atomic E-state index is 5.82. The molecule has 1 fully saturated rings. The van der Waals surface area contributed by atoms with E-state index >= 15 is 0 Å². The van der Waals surface area contributed by atoms with Gasteiger partial charge in [0.2, 0.25) is 5.88 Å². The van der Waals surface area contributed by atoms with Crippen molar-refractivity contribution < 1.29 is 14.2 Å². The maximum atomic E-state index is 5.82. The first-order valence-corrected chi connectivity index (χ1v) is 11.4. The van der Waals surface area contributed by atoms with Crippen LogP contribution in [0.2, 0.25) is 0 Å². The molecule has 1 aliphatic rings. The van der Waals surface area contributed by atoms with E-state index in [9.17, 15) is 0 Å². The molecule has 0 amide bonds. The minimum Gasteiger partial charge on any atom is -0.497 e. The SMILES string of the molecule is CCNC(=NCc1ccc(Oc2cccc(OC)c2)nc1)NCC1(CCOC)CCCC1.I. The molecule has 0 aliphatic heterocycles. The van der Waals surface area contributed by atoms with Crippen molar-refractivity contribution in [2.75, 3.05) is 33.9 Å². The molecule has 1 aromatic heterocycles. The van der Waals surface area contributed by atoms with E-state index in [-0.39, 0.29) is 24.0 Å². The van der Waals surface area contributed by atoms with Crippen molar-refractivity contribution in [2.24, 2.45) is 10.4 Å². The van der Waals surface area contributed by atoms with Crippen molar-refractivity contribution in [3.8, 4) is 17.4 Å². The molecule has 33 heavy (non-hydrogen) atoms. The second-order valence-corrected chi connectivity index (χ2v) is 8.28. The molecule has 2 aromatic rings. The van der Waals surface area contributed by atoms with Crippen LogP contribution in [0, 0.1) is 5.41 Å². The Morgan fingerprint density at radius 3 is 2.55 bits per heavy atom. The van der Waals surface area contributed by atoms with E-state index < -0.39 is 0 Å². The Hall–Kier alpha value is -2.07. The lowest BCUT2D eigenvalue weighted by Gasteiger charge is -2.30. The van der Waals surface area contributed by atoms with Crippen molar-refractivity contribution in [3.05, 3.63) is 48.2 Å². The number of hydrogen-bond acceptors (Lipinski definition) is 5. The topological polar surface area (TPSA) is 77.0 Å². The number of halogens is 1. The standard InChI is InChI=1S/C25H36N4O3.HI/c1-4-26-24(29-19-25(14-15-30-2)12-5-6-13-25)28-18-20-10-11-23(27-17-20)32-22-9-7-8-21(16-22)31-3;/h7-11,16-17H,4-6,12-15,18-19H2,1-3H3,(H2,26,28,29);1H. The second-order valence-electron chi connectivity index (χ2n) is 8.28. The van der Waals surface area contributed by atoms with Crippen LogP contribution in [-0.2, 0) is 11.3 Å². The highest BCUT2D eigenvalue weighted by atomic mass is 127. The number of hydrogen-bond donors (Lipinski definition) is 2. The van der Waals surface area contributed by atoms with Gasteiger partial charge in [0.25, 0.3) is 0 Å². The molecule has 0 atom stereocenters. The molecule has 3 rings (SSSR count). The number of nitrogens with one attached hydrogen (secondary N) is 2. The molecule has 182 valence electrons. The van der Waals surface area contributed by atoms with Gasteiger partial charge in [-0.05, 0) is 49.3 Å². The second kappa shape index (κ2) is 14.2. The lowest BCUT2D eigenvalue weighted by molar-refractivity contribution is 0.138. The Labute approximate surface area is 214 Å². The van der Waals surface area contributed by atoms with Crippen LogP contribution < -0.4 is 20.1 Å². The number of pyridine rings is 1. The number of nitrogens with zero attached hydrogens (tertiary/aromatic N) is 2. The molecule has 7 nitrogen and oxygen atoms in total. The van der Waals surface area contributed by atoms with E-state index in [0.717, 1.165) is 43.4 Å². The van der Waals surface area contributed by atoms with Gasteiger partial charge in [-0.25, -0.2) is 9.98 Å². The first-order valence-electron chi connectivity index (χ1n) is 11.4. The minimum atomic E-state index is 0. The van der Waals surface area contributed by atoms with E-state index in [4.69, 9.17) is 19.2 Å². The Bertz CT molecular complexity index is 855. The molecule has 1 saturated carbocycles. The van der Waals surface area contributed by atoms with Crippen LogP contribution in [0.15, 0.2) is 47.6 Å². The molecular weight excluding hydrogens is 531 g/mol. The first-order chi connectivity index (χ1) is 15.7. The van der Waals surface area contributed by atoms with Gasteiger partial charge in [-0.3, -0.25) is 0 Å². The number of aliphatic imine (C=N–C) groups is 1. The Kier molecular flexibility index (Phi) is 11.7. The summed E-state index contributed by atoms with van der Waals surface area (Å²) in [6.45, 7) is 5.19. The number of guanidine groups is 1. The van der Waals surface area contributed by atoms with Crippen molar-refractivity contribution in [1.29, 1.82) is 0 Å². The highest BCUT2D eigenvalue weighted by molar-refractivity contribution is 14.0. The molecule has 1 aliphatic carbocycles. The highest BCUT2D eigenvalue weighted by Crippen LogP contribution is 2.40. The summed E-state index contributed by atoms with van der Waals surface area (Å²) >= 11 is 0. The normalized spacial score (nSPS) is 14.9. The van der Waals surface area contributed by atoms with Gasteiger partial charge < -0.3 is 24.8 Å². The fraction of sp³-hybridized carbons (Fsp3) is 0.520. The summed E-state index contributed by atoms with van der Waals surface area (Å²) in [5, 5.41) is 6.92. The van der Waals surface area contributed by atoms with Gasteiger partial charge >= 0.3 is 0 Å². The van der Waals surface area contributed by atoms with Crippen molar-refractivity contribution >= 4 is 29.9 Å². The van der Waals surface area contributed by atoms with Gasteiger partial charge in [0.05, 0.1) is 13.7 Å². The number of methoxy groups -OCH3 is 2. The third kappa shape index (κ3) is 8.66. The quantitative estimate of drug-likeness (QED) is 0.222. The molecule has 1 aromatic carbocycles. The summed E-state index contributed by atoms with van der Waals surface area (Å²) in [6.07, 6.45) is 8.00.